The molecule has 1 atom stereocenters. The van der Waals surface area contributed by atoms with E-state index in [1.54, 1.807) is 0 Å². The first-order valence-corrected chi connectivity index (χ1v) is 10.2. The topological polar surface area (TPSA) is 29.5 Å². The summed E-state index contributed by atoms with van der Waals surface area (Å²) in [6.07, 6.45) is 10.8. The Morgan fingerprint density at radius 1 is 1.04 bits per heavy atom. The van der Waals surface area contributed by atoms with Gasteiger partial charge in [0.25, 0.3) is 0 Å². The van der Waals surface area contributed by atoms with Crippen LogP contribution in [0.1, 0.15) is 79.9 Å². The fourth-order valence-corrected chi connectivity index (χ4v) is 4.92. The maximum Gasteiger partial charge on any atom is 0.313 e. The summed E-state index contributed by atoms with van der Waals surface area (Å²) in [5, 5.41) is 0. The third-order valence-electron chi connectivity index (χ3n) is 6.55. The van der Waals surface area contributed by atoms with Crippen molar-refractivity contribution < 1.29 is 9.53 Å². The van der Waals surface area contributed by atoms with Gasteiger partial charge in [0.2, 0.25) is 0 Å². The van der Waals surface area contributed by atoms with Crippen LogP contribution in [-0.2, 0) is 16.0 Å². The number of aryl methyl sites for hydroxylation is 1. The van der Waals surface area contributed by atoms with Gasteiger partial charge in [-0.05, 0) is 68.2 Å². The molecule has 1 aromatic rings. The molecule has 0 spiro atoms. The molecule has 4 heteroatoms. The van der Waals surface area contributed by atoms with Crippen molar-refractivity contribution in [1.82, 2.24) is 4.90 Å². The molecule has 2 aliphatic carbocycles. The molecule has 1 aliphatic heterocycles. The van der Waals surface area contributed by atoms with Crippen molar-refractivity contribution in [1.29, 1.82) is 0 Å². The summed E-state index contributed by atoms with van der Waals surface area (Å²) < 4.78 is 5.86. The lowest BCUT2D eigenvalue weighted by Crippen LogP contribution is -2.36. The Bertz CT molecular complexity index is 619. The number of benzene rings is 1. The van der Waals surface area contributed by atoms with Crippen LogP contribution >= 0.6 is 12.4 Å². The Balaban J connectivity index is 0.00000196. The zero-order valence-electron chi connectivity index (χ0n) is 15.9. The first-order valence-electron chi connectivity index (χ1n) is 10.2. The van der Waals surface area contributed by atoms with Gasteiger partial charge in [-0.1, -0.05) is 37.5 Å². The summed E-state index contributed by atoms with van der Waals surface area (Å²) in [5.74, 6) is 0.720. The number of carbonyl (C=O) groups is 1. The number of esters is 1. The van der Waals surface area contributed by atoms with Gasteiger partial charge in [0.05, 0.1) is 5.92 Å². The van der Waals surface area contributed by atoms with E-state index in [-0.39, 0.29) is 30.4 Å². The highest BCUT2D eigenvalue weighted by molar-refractivity contribution is 5.85. The van der Waals surface area contributed by atoms with Crippen LogP contribution in [0.5, 0.6) is 0 Å². The van der Waals surface area contributed by atoms with Crippen LogP contribution in [-0.4, -0.2) is 37.1 Å². The van der Waals surface area contributed by atoms with Crippen LogP contribution in [0, 0.1) is 0 Å². The van der Waals surface area contributed by atoms with Gasteiger partial charge >= 0.3 is 5.97 Å². The number of nitrogens with zero attached hydrogens (tertiary/aromatic N) is 1. The molecule has 0 aromatic heterocycles. The van der Waals surface area contributed by atoms with E-state index in [0.29, 0.717) is 0 Å². The number of carbonyl (C=O) groups excluding carboxylic acids is 1. The van der Waals surface area contributed by atoms with Crippen LogP contribution in [0.25, 0.3) is 0 Å². The summed E-state index contributed by atoms with van der Waals surface area (Å²) in [6, 6.07) is 6.91. The fraction of sp³-hybridized carbons (Fsp3) is 0.682. The van der Waals surface area contributed by atoms with Crippen LogP contribution < -0.4 is 0 Å². The molecule has 26 heavy (non-hydrogen) atoms. The molecular formula is C22H32ClNO2. The molecular weight excluding hydrogens is 346 g/mol. The highest BCUT2D eigenvalue weighted by Gasteiger charge is 2.32. The van der Waals surface area contributed by atoms with E-state index in [4.69, 9.17) is 4.74 Å². The van der Waals surface area contributed by atoms with E-state index in [2.05, 4.69) is 30.1 Å². The summed E-state index contributed by atoms with van der Waals surface area (Å²) in [7, 11) is 2.13. The average Bonchev–Trinajstić information content (AvgIpc) is 3.07. The molecule has 3 nitrogen and oxygen atoms in total. The first kappa shape index (κ1) is 19.7. The van der Waals surface area contributed by atoms with Crippen molar-refractivity contribution in [3.05, 3.63) is 34.9 Å². The lowest BCUT2D eigenvalue weighted by Gasteiger charge is -2.29. The van der Waals surface area contributed by atoms with Crippen molar-refractivity contribution in [2.24, 2.45) is 0 Å². The molecule has 1 aromatic carbocycles. The predicted octanol–water partition coefficient (Wildman–Crippen LogP) is 4.82. The van der Waals surface area contributed by atoms with Crippen molar-refractivity contribution in [2.45, 2.75) is 75.7 Å². The van der Waals surface area contributed by atoms with Crippen molar-refractivity contribution in [2.75, 3.05) is 20.1 Å². The van der Waals surface area contributed by atoms with E-state index in [1.165, 1.54) is 48.8 Å². The van der Waals surface area contributed by atoms with Gasteiger partial charge < -0.3 is 9.64 Å². The zero-order valence-corrected chi connectivity index (χ0v) is 16.7. The van der Waals surface area contributed by atoms with Gasteiger partial charge in [0, 0.05) is 13.1 Å². The van der Waals surface area contributed by atoms with E-state index >= 15 is 0 Å². The average molecular weight is 378 g/mol. The molecule has 0 N–H and O–H groups in total. The van der Waals surface area contributed by atoms with Crippen LogP contribution in [0.3, 0.4) is 0 Å². The predicted molar refractivity (Wildman–Crippen MR) is 107 cm³/mol. The molecule has 1 heterocycles. The molecule has 4 rings (SSSR count). The molecule has 1 unspecified atom stereocenters. The smallest absolute Gasteiger partial charge is 0.313 e. The largest absolute Gasteiger partial charge is 0.462 e. The zero-order chi connectivity index (χ0) is 17.2. The minimum Gasteiger partial charge on any atom is -0.462 e. The number of ether oxygens (including phenoxy) is 1. The number of piperidine rings is 1. The van der Waals surface area contributed by atoms with E-state index < -0.39 is 0 Å². The molecule has 3 aliphatic rings. The number of hydrogen-bond acceptors (Lipinski definition) is 3. The SMILES string of the molecule is CN1CCC(OC(=O)C2CCc3cc(C4CCCCC4)ccc32)CC1.Cl. The Morgan fingerprint density at radius 2 is 1.77 bits per heavy atom. The Kier molecular flexibility index (Phi) is 6.63. The minimum absolute atomic E-state index is 0. The molecule has 1 saturated carbocycles. The summed E-state index contributed by atoms with van der Waals surface area (Å²) in [6.45, 7) is 2.06. The Morgan fingerprint density at radius 3 is 2.50 bits per heavy atom. The Hall–Kier alpha value is -1.06. The van der Waals surface area contributed by atoms with E-state index in [9.17, 15) is 4.79 Å². The lowest BCUT2D eigenvalue weighted by atomic mass is 9.83. The van der Waals surface area contributed by atoms with E-state index in [0.717, 1.165) is 44.7 Å². The quantitative estimate of drug-likeness (QED) is 0.707. The first-order chi connectivity index (χ1) is 12.2. The second-order valence-electron chi connectivity index (χ2n) is 8.32. The second kappa shape index (κ2) is 8.75. The minimum atomic E-state index is -0.0324. The van der Waals surface area contributed by atoms with Crippen molar-refractivity contribution in [3.63, 3.8) is 0 Å². The number of fused-ring (bicyclic) bond motifs is 1. The summed E-state index contributed by atoms with van der Waals surface area (Å²) in [4.78, 5) is 15.0. The van der Waals surface area contributed by atoms with Gasteiger partial charge in [-0.25, -0.2) is 0 Å². The summed E-state index contributed by atoms with van der Waals surface area (Å²) >= 11 is 0. The number of rotatable bonds is 3. The monoisotopic (exact) mass is 377 g/mol. The molecule has 2 fully saturated rings. The normalized spacial score (nSPS) is 24.7. The third-order valence-corrected chi connectivity index (χ3v) is 6.55. The lowest BCUT2D eigenvalue weighted by molar-refractivity contribution is -0.152. The van der Waals surface area contributed by atoms with Crippen LogP contribution in [0.2, 0.25) is 0 Å². The van der Waals surface area contributed by atoms with Gasteiger partial charge in [0.1, 0.15) is 6.10 Å². The van der Waals surface area contributed by atoms with Crippen LogP contribution in [0.15, 0.2) is 18.2 Å². The molecule has 144 valence electrons. The van der Waals surface area contributed by atoms with Gasteiger partial charge in [-0.3, -0.25) is 4.79 Å². The maximum absolute atomic E-state index is 12.7. The second-order valence-corrected chi connectivity index (χ2v) is 8.32. The number of halogens is 1. The molecule has 1 saturated heterocycles. The van der Waals surface area contributed by atoms with Crippen molar-refractivity contribution in [3.8, 4) is 0 Å². The Labute approximate surface area is 163 Å². The maximum atomic E-state index is 12.7. The van der Waals surface area contributed by atoms with Gasteiger partial charge in [0.15, 0.2) is 0 Å². The fourth-order valence-electron chi connectivity index (χ4n) is 4.92. The van der Waals surface area contributed by atoms with Gasteiger partial charge in [-0.2, -0.15) is 0 Å². The third kappa shape index (κ3) is 4.26. The molecule has 0 amide bonds. The van der Waals surface area contributed by atoms with Crippen LogP contribution in [0.4, 0.5) is 0 Å². The molecule has 0 radical (unpaired) electrons. The molecule has 0 bridgehead atoms. The highest BCUT2D eigenvalue weighted by atomic mass is 35.5. The standard InChI is InChI=1S/C22H31NO2.ClH/c1-23-13-11-19(12-14-23)25-22(24)21-10-8-18-15-17(7-9-20(18)21)16-5-3-2-4-6-16;/h7,9,15-16,19,21H,2-6,8,10-14H2,1H3;1H. The van der Waals surface area contributed by atoms with E-state index in [1.807, 2.05) is 0 Å². The summed E-state index contributed by atoms with van der Waals surface area (Å²) in [5.41, 5.74) is 4.13. The van der Waals surface area contributed by atoms with Crippen molar-refractivity contribution >= 4 is 18.4 Å². The highest BCUT2D eigenvalue weighted by Crippen LogP contribution is 2.39. The number of hydrogen-bond donors (Lipinski definition) is 0. The number of likely N-dealkylation sites (tertiary alicyclic amines) is 1. The van der Waals surface area contributed by atoms with Gasteiger partial charge in [-0.15, -0.1) is 12.4 Å².